The van der Waals surface area contributed by atoms with Gasteiger partial charge in [0.05, 0.1) is 0 Å². The fourth-order valence-corrected chi connectivity index (χ4v) is 0.958. The van der Waals surface area contributed by atoms with E-state index in [0.29, 0.717) is 0 Å². The second-order valence-electron chi connectivity index (χ2n) is 3.25. The van der Waals surface area contributed by atoms with Gasteiger partial charge < -0.3 is 10.2 Å². The van der Waals surface area contributed by atoms with Crippen molar-refractivity contribution in [2.24, 2.45) is 0 Å². The summed E-state index contributed by atoms with van der Waals surface area (Å²) in [7, 11) is 0. The van der Waals surface area contributed by atoms with Gasteiger partial charge in [0, 0.05) is 0 Å². The standard InChI is InChI=1S/C5H4N4O3.C3H6O3/c10-3-1-2(7-4(11)6-1)8-5(12)9-3;1-2(4)3(5)6/h(H4,6,7,8,9,10,11,12);2,4H,1H3,(H,5,6). The summed E-state index contributed by atoms with van der Waals surface area (Å²) in [5.74, 6) is -1.19. The van der Waals surface area contributed by atoms with E-state index in [0.717, 1.165) is 0 Å². The number of aliphatic hydroxyl groups excluding tert-OH is 1. The van der Waals surface area contributed by atoms with Crippen LogP contribution in [0.2, 0.25) is 0 Å². The van der Waals surface area contributed by atoms with Crippen molar-refractivity contribution in [3.8, 4) is 0 Å². The highest BCUT2D eigenvalue weighted by atomic mass is 16.4. The summed E-state index contributed by atoms with van der Waals surface area (Å²) < 4.78 is 0. The Morgan fingerprint density at radius 3 is 1.94 bits per heavy atom. The molecule has 0 fully saturated rings. The largest absolute Gasteiger partial charge is 0.479 e. The van der Waals surface area contributed by atoms with Crippen molar-refractivity contribution >= 4 is 17.1 Å². The molecule has 0 bridgehead atoms. The molecule has 18 heavy (non-hydrogen) atoms. The monoisotopic (exact) mass is 258 g/mol. The van der Waals surface area contributed by atoms with Gasteiger partial charge in [-0.1, -0.05) is 0 Å². The minimum Gasteiger partial charge on any atom is -0.479 e. The average molecular weight is 258 g/mol. The number of aromatic amines is 4. The van der Waals surface area contributed by atoms with E-state index in [2.05, 4.69) is 15.0 Å². The van der Waals surface area contributed by atoms with Crippen molar-refractivity contribution in [3.63, 3.8) is 0 Å². The number of nitrogens with one attached hydrogen (secondary N) is 4. The lowest BCUT2D eigenvalue weighted by Crippen LogP contribution is -2.21. The molecular weight excluding hydrogens is 248 g/mol. The van der Waals surface area contributed by atoms with E-state index < -0.39 is 29.0 Å². The molecule has 10 nitrogen and oxygen atoms in total. The summed E-state index contributed by atoms with van der Waals surface area (Å²) in [6.45, 7) is 1.20. The number of aliphatic hydroxyl groups is 1. The Balaban J connectivity index is 0.000000232. The zero-order valence-corrected chi connectivity index (χ0v) is 9.10. The fourth-order valence-electron chi connectivity index (χ4n) is 0.958. The Morgan fingerprint density at radius 1 is 1.06 bits per heavy atom. The van der Waals surface area contributed by atoms with E-state index in [-0.39, 0.29) is 11.2 Å². The van der Waals surface area contributed by atoms with Gasteiger partial charge in [-0.05, 0) is 6.92 Å². The maximum Gasteiger partial charge on any atom is 0.332 e. The van der Waals surface area contributed by atoms with Gasteiger partial charge in [-0.15, -0.1) is 0 Å². The van der Waals surface area contributed by atoms with Crippen molar-refractivity contribution in [2.45, 2.75) is 13.0 Å². The molecule has 10 heteroatoms. The predicted octanol–water partition coefficient (Wildman–Crippen LogP) is -2.32. The number of imidazole rings is 1. The summed E-state index contributed by atoms with van der Waals surface area (Å²) in [6, 6.07) is 0. The maximum atomic E-state index is 10.9. The summed E-state index contributed by atoms with van der Waals surface area (Å²) in [5, 5.41) is 15.8. The lowest BCUT2D eigenvalue weighted by Gasteiger charge is -1.89. The highest BCUT2D eigenvalue weighted by Crippen LogP contribution is 1.88. The number of rotatable bonds is 1. The third-order valence-electron chi connectivity index (χ3n) is 1.78. The number of hydrogen-bond acceptors (Lipinski definition) is 5. The highest BCUT2D eigenvalue weighted by molar-refractivity contribution is 5.71. The van der Waals surface area contributed by atoms with Crippen LogP contribution in [0, 0.1) is 0 Å². The van der Waals surface area contributed by atoms with E-state index in [4.69, 9.17) is 10.2 Å². The molecule has 2 aromatic rings. The van der Waals surface area contributed by atoms with Crippen LogP contribution in [0.4, 0.5) is 0 Å². The quantitative estimate of drug-likeness (QED) is 0.335. The first-order valence-corrected chi connectivity index (χ1v) is 4.66. The van der Waals surface area contributed by atoms with Gasteiger partial charge in [0.25, 0.3) is 5.56 Å². The Labute approximate surface area is 97.3 Å². The van der Waals surface area contributed by atoms with Crippen LogP contribution in [0.3, 0.4) is 0 Å². The van der Waals surface area contributed by atoms with Crippen LogP contribution in [-0.2, 0) is 4.79 Å². The topological polar surface area (TPSA) is 172 Å². The Morgan fingerprint density at radius 2 is 1.50 bits per heavy atom. The Kier molecular flexibility index (Phi) is 3.84. The van der Waals surface area contributed by atoms with Gasteiger partial charge in [-0.25, -0.2) is 14.4 Å². The molecule has 0 aliphatic carbocycles. The predicted molar refractivity (Wildman–Crippen MR) is 59.5 cm³/mol. The second kappa shape index (κ2) is 5.14. The molecule has 2 heterocycles. The molecule has 2 rings (SSSR count). The first-order valence-electron chi connectivity index (χ1n) is 4.66. The van der Waals surface area contributed by atoms with E-state index >= 15 is 0 Å². The van der Waals surface area contributed by atoms with E-state index in [1.54, 1.807) is 0 Å². The third kappa shape index (κ3) is 3.18. The lowest BCUT2D eigenvalue weighted by atomic mass is 10.4. The molecule has 0 radical (unpaired) electrons. The number of fused-ring (bicyclic) bond motifs is 1. The zero-order chi connectivity index (χ0) is 13.9. The summed E-state index contributed by atoms with van der Waals surface area (Å²) in [6.07, 6.45) is -1.23. The van der Waals surface area contributed by atoms with Crippen molar-refractivity contribution in [3.05, 3.63) is 31.3 Å². The molecule has 0 aromatic carbocycles. The van der Waals surface area contributed by atoms with Crippen molar-refractivity contribution in [1.29, 1.82) is 0 Å². The third-order valence-corrected chi connectivity index (χ3v) is 1.78. The molecule has 2 aromatic heterocycles. The van der Waals surface area contributed by atoms with Gasteiger partial charge in [-0.3, -0.25) is 24.7 Å². The molecule has 98 valence electrons. The van der Waals surface area contributed by atoms with Gasteiger partial charge in [0.15, 0.2) is 0 Å². The fraction of sp³-hybridized carbons (Fsp3) is 0.250. The average Bonchev–Trinajstić information content (AvgIpc) is 2.59. The Bertz CT molecular complexity index is 717. The van der Waals surface area contributed by atoms with Crippen LogP contribution in [0.25, 0.3) is 11.2 Å². The minimum absolute atomic E-state index is 0.0413. The van der Waals surface area contributed by atoms with Crippen LogP contribution in [-0.4, -0.2) is 42.2 Å². The smallest absolute Gasteiger partial charge is 0.332 e. The van der Waals surface area contributed by atoms with Gasteiger partial charge in [0.2, 0.25) is 0 Å². The molecule has 0 saturated carbocycles. The molecule has 1 unspecified atom stereocenters. The molecule has 0 spiro atoms. The molecule has 0 aliphatic rings. The maximum absolute atomic E-state index is 10.9. The van der Waals surface area contributed by atoms with Gasteiger partial charge in [0.1, 0.15) is 17.3 Å². The van der Waals surface area contributed by atoms with Crippen LogP contribution in [0.1, 0.15) is 6.92 Å². The first kappa shape index (κ1) is 13.4. The number of aromatic nitrogens is 4. The second-order valence-corrected chi connectivity index (χ2v) is 3.25. The van der Waals surface area contributed by atoms with Crippen LogP contribution < -0.4 is 16.9 Å². The van der Waals surface area contributed by atoms with E-state index in [1.807, 2.05) is 4.98 Å². The first-order chi connectivity index (χ1) is 8.31. The van der Waals surface area contributed by atoms with E-state index in [1.165, 1.54) is 6.92 Å². The minimum atomic E-state index is -1.23. The highest BCUT2D eigenvalue weighted by Gasteiger charge is 2.02. The number of hydrogen-bond donors (Lipinski definition) is 6. The summed E-state index contributed by atoms with van der Waals surface area (Å²) in [5.41, 5.74) is -1.65. The summed E-state index contributed by atoms with van der Waals surface area (Å²) in [4.78, 5) is 50.4. The zero-order valence-electron chi connectivity index (χ0n) is 9.10. The molecule has 1 atom stereocenters. The van der Waals surface area contributed by atoms with Crippen LogP contribution >= 0.6 is 0 Å². The summed E-state index contributed by atoms with van der Waals surface area (Å²) >= 11 is 0. The van der Waals surface area contributed by atoms with Gasteiger partial charge >= 0.3 is 17.3 Å². The number of carboxylic acid groups (broad SMARTS) is 1. The molecular formula is C8H10N4O6. The van der Waals surface area contributed by atoms with Crippen molar-refractivity contribution in [2.75, 3.05) is 0 Å². The lowest BCUT2D eigenvalue weighted by molar-refractivity contribution is -0.145. The van der Waals surface area contributed by atoms with Gasteiger partial charge in [-0.2, -0.15) is 0 Å². The Hall–Kier alpha value is -2.62. The molecule has 6 N–H and O–H groups in total. The number of carboxylic acids is 1. The van der Waals surface area contributed by atoms with Crippen molar-refractivity contribution in [1.82, 2.24) is 19.9 Å². The normalized spacial score (nSPS) is 11.7. The molecule has 0 amide bonds. The number of H-pyrrole nitrogens is 4. The molecule has 0 saturated heterocycles. The van der Waals surface area contributed by atoms with Crippen LogP contribution in [0.5, 0.6) is 0 Å². The SMILES string of the molecule is CC(O)C(=O)O.O=c1[nH]c(=O)c2[nH]c(=O)[nH]c2[nH]1. The number of carbonyl (C=O) groups is 1. The van der Waals surface area contributed by atoms with Crippen molar-refractivity contribution < 1.29 is 15.0 Å². The molecule has 0 aliphatic heterocycles. The van der Waals surface area contributed by atoms with E-state index in [9.17, 15) is 19.2 Å². The number of aliphatic carboxylic acids is 1. The van der Waals surface area contributed by atoms with Crippen LogP contribution in [0.15, 0.2) is 14.4 Å².